The van der Waals surface area contributed by atoms with Gasteiger partial charge in [-0.1, -0.05) is 12.1 Å². The molecule has 0 amide bonds. The zero-order valence-corrected chi connectivity index (χ0v) is 12.1. The summed E-state index contributed by atoms with van der Waals surface area (Å²) >= 11 is 0. The van der Waals surface area contributed by atoms with Crippen molar-refractivity contribution in [2.45, 2.75) is 13.8 Å². The number of carboxylic acids is 1. The summed E-state index contributed by atoms with van der Waals surface area (Å²) in [5, 5.41) is 17.8. The molecule has 0 aromatic heterocycles. The van der Waals surface area contributed by atoms with Gasteiger partial charge in [-0.2, -0.15) is 0 Å². The summed E-state index contributed by atoms with van der Waals surface area (Å²) in [6, 6.07) is 10.8. The van der Waals surface area contributed by atoms with Gasteiger partial charge in [-0.05, 0) is 60.4 Å². The highest BCUT2D eigenvalue weighted by molar-refractivity contribution is 5.88. The average Bonchev–Trinajstić information content (AvgIpc) is 2.46. The molecule has 0 aliphatic heterocycles. The third kappa shape index (κ3) is 3.41. The van der Waals surface area contributed by atoms with E-state index in [1.54, 1.807) is 24.3 Å². The zero-order chi connectivity index (χ0) is 15.4. The van der Waals surface area contributed by atoms with E-state index in [9.17, 15) is 4.79 Å². The maximum Gasteiger partial charge on any atom is 0.335 e. The number of aromatic carboxylic acids is 1. The molecule has 0 aliphatic rings. The van der Waals surface area contributed by atoms with E-state index in [0.717, 1.165) is 28.0 Å². The van der Waals surface area contributed by atoms with Crippen LogP contribution in [0.3, 0.4) is 0 Å². The molecule has 0 heterocycles. The standard InChI is InChI=1S/C17H18O4/c1-11-9-15(10-12(2)16(11)21-8-7-18)13-3-5-14(6-4-13)17(19)20/h3-6,9-10,18H,7-8H2,1-2H3,(H,19,20). The Balaban J connectivity index is 2.34. The molecule has 0 saturated heterocycles. The molecule has 4 nitrogen and oxygen atoms in total. The number of rotatable bonds is 5. The van der Waals surface area contributed by atoms with Crippen molar-refractivity contribution in [1.29, 1.82) is 0 Å². The zero-order valence-electron chi connectivity index (χ0n) is 12.1. The molecule has 2 aromatic rings. The number of aliphatic hydroxyl groups is 1. The lowest BCUT2D eigenvalue weighted by atomic mass is 9.99. The Morgan fingerprint density at radius 2 is 1.62 bits per heavy atom. The number of aryl methyl sites for hydroxylation is 2. The maximum atomic E-state index is 10.9. The van der Waals surface area contributed by atoms with Gasteiger partial charge >= 0.3 is 5.97 Å². The number of carbonyl (C=O) groups is 1. The summed E-state index contributed by atoms with van der Waals surface area (Å²) in [4.78, 5) is 10.9. The predicted molar refractivity (Wildman–Crippen MR) is 80.9 cm³/mol. The van der Waals surface area contributed by atoms with Crippen molar-refractivity contribution in [2.75, 3.05) is 13.2 Å². The molecule has 0 fully saturated rings. The fourth-order valence-corrected chi connectivity index (χ4v) is 2.30. The van der Waals surface area contributed by atoms with Gasteiger partial charge in [-0.3, -0.25) is 0 Å². The highest BCUT2D eigenvalue weighted by Crippen LogP contribution is 2.30. The minimum Gasteiger partial charge on any atom is -0.491 e. The van der Waals surface area contributed by atoms with Gasteiger partial charge < -0.3 is 14.9 Å². The van der Waals surface area contributed by atoms with E-state index in [4.69, 9.17) is 14.9 Å². The lowest BCUT2D eigenvalue weighted by molar-refractivity contribution is 0.0697. The van der Waals surface area contributed by atoms with Crippen molar-refractivity contribution in [3.8, 4) is 16.9 Å². The van der Waals surface area contributed by atoms with E-state index < -0.39 is 5.97 Å². The summed E-state index contributed by atoms with van der Waals surface area (Å²) in [5.74, 6) is -0.142. The van der Waals surface area contributed by atoms with Crippen LogP contribution in [0.5, 0.6) is 5.75 Å². The van der Waals surface area contributed by atoms with Crippen LogP contribution in [0.4, 0.5) is 0 Å². The van der Waals surface area contributed by atoms with Crippen molar-refractivity contribution in [1.82, 2.24) is 0 Å². The minimum absolute atomic E-state index is 0.0166. The van der Waals surface area contributed by atoms with Gasteiger partial charge in [0.1, 0.15) is 12.4 Å². The summed E-state index contributed by atoms with van der Waals surface area (Å²) in [5.41, 5.74) is 4.22. The number of hydrogen-bond donors (Lipinski definition) is 2. The second kappa shape index (κ2) is 6.41. The molecule has 110 valence electrons. The molecule has 0 unspecified atom stereocenters. The van der Waals surface area contributed by atoms with Gasteiger partial charge in [0.25, 0.3) is 0 Å². The Hall–Kier alpha value is -2.33. The van der Waals surface area contributed by atoms with Crippen LogP contribution in [-0.2, 0) is 0 Å². The number of aliphatic hydroxyl groups excluding tert-OH is 1. The topological polar surface area (TPSA) is 66.8 Å². The maximum absolute atomic E-state index is 10.9. The first-order valence-corrected chi connectivity index (χ1v) is 6.71. The quantitative estimate of drug-likeness (QED) is 0.886. The normalized spacial score (nSPS) is 10.4. The van der Waals surface area contributed by atoms with Crippen molar-refractivity contribution in [3.05, 3.63) is 53.1 Å². The van der Waals surface area contributed by atoms with Crippen LogP contribution in [-0.4, -0.2) is 29.4 Å². The molecule has 0 spiro atoms. The van der Waals surface area contributed by atoms with E-state index in [1.807, 2.05) is 26.0 Å². The van der Waals surface area contributed by atoms with E-state index >= 15 is 0 Å². The van der Waals surface area contributed by atoms with Crippen LogP contribution in [0.1, 0.15) is 21.5 Å². The second-order valence-electron chi connectivity index (χ2n) is 4.89. The molecule has 0 atom stereocenters. The average molecular weight is 286 g/mol. The second-order valence-corrected chi connectivity index (χ2v) is 4.89. The highest BCUT2D eigenvalue weighted by atomic mass is 16.5. The fraction of sp³-hybridized carbons (Fsp3) is 0.235. The first kappa shape index (κ1) is 15.1. The van der Waals surface area contributed by atoms with Crippen LogP contribution in [0, 0.1) is 13.8 Å². The van der Waals surface area contributed by atoms with Gasteiger partial charge in [0.05, 0.1) is 12.2 Å². The van der Waals surface area contributed by atoms with Crippen LogP contribution in [0.25, 0.3) is 11.1 Å². The first-order valence-electron chi connectivity index (χ1n) is 6.71. The number of carboxylic acid groups (broad SMARTS) is 1. The summed E-state index contributed by atoms with van der Waals surface area (Å²) in [6.07, 6.45) is 0. The predicted octanol–water partition coefficient (Wildman–Crippen LogP) is 3.04. The van der Waals surface area contributed by atoms with Crippen molar-refractivity contribution < 1.29 is 19.7 Å². The fourth-order valence-electron chi connectivity index (χ4n) is 2.30. The molecule has 0 radical (unpaired) electrons. The third-order valence-electron chi connectivity index (χ3n) is 3.26. The monoisotopic (exact) mass is 286 g/mol. The first-order chi connectivity index (χ1) is 10.0. The molecule has 21 heavy (non-hydrogen) atoms. The van der Waals surface area contributed by atoms with Crippen LogP contribution in [0.15, 0.2) is 36.4 Å². The summed E-state index contributed by atoms with van der Waals surface area (Å²) in [7, 11) is 0. The van der Waals surface area contributed by atoms with Crippen molar-refractivity contribution >= 4 is 5.97 Å². The van der Waals surface area contributed by atoms with Crippen LogP contribution in [0.2, 0.25) is 0 Å². The molecular formula is C17H18O4. The van der Waals surface area contributed by atoms with Gasteiger partial charge in [0.2, 0.25) is 0 Å². The van der Waals surface area contributed by atoms with Crippen LogP contribution < -0.4 is 4.74 Å². The smallest absolute Gasteiger partial charge is 0.335 e. The van der Waals surface area contributed by atoms with E-state index in [1.165, 1.54) is 0 Å². The lowest BCUT2D eigenvalue weighted by Gasteiger charge is -2.13. The molecule has 2 aromatic carbocycles. The number of hydrogen-bond acceptors (Lipinski definition) is 3. The Morgan fingerprint density at radius 3 is 2.10 bits per heavy atom. The summed E-state index contributed by atoms with van der Waals surface area (Å²) < 4.78 is 5.53. The van der Waals surface area contributed by atoms with E-state index in [2.05, 4.69) is 0 Å². The largest absolute Gasteiger partial charge is 0.491 e. The molecule has 4 heteroatoms. The number of benzene rings is 2. The van der Waals surface area contributed by atoms with Gasteiger partial charge in [-0.15, -0.1) is 0 Å². The lowest BCUT2D eigenvalue weighted by Crippen LogP contribution is -2.04. The molecule has 2 rings (SSSR count). The van der Waals surface area contributed by atoms with Crippen molar-refractivity contribution in [3.63, 3.8) is 0 Å². The Kier molecular flexibility index (Phi) is 4.60. The van der Waals surface area contributed by atoms with Crippen molar-refractivity contribution in [2.24, 2.45) is 0 Å². The molecule has 0 saturated carbocycles. The third-order valence-corrected chi connectivity index (χ3v) is 3.26. The number of ether oxygens (including phenoxy) is 1. The van der Waals surface area contributed by atoms with Gasteiger partial charge in [0.15, 0.2) is 0 Å². The molecular weight excluding hydrogens is 268 g/mol. The SMILES string of the molecule is Cc1cc(-c2ccc(C(=O)O)cc2)cc(C)c1OCCO. The van der Waals surface area contributed by atoms with Gasteiger partial charge in [0, 0.05) is 0 Å². The van der Waals surface area contributed by atoms with Gasteiger partial charge in [-0.25, -0.2) is 4.79 Å². The molecule has 0 aliphatic carbocycles. The summed E-state index contributed by atoms with van der Waals surface area (Å²) in [6.45, 7) is 4.16. The Morgan fingerprint density at radius 1 is 1.05 bits per heavy atom. The van der Waals surface area contributed by atoms with E-state index in [0.29, 0.717) is 0 Å². The van der Waals surface area contributed by atoms with E-state index in [-0.39, 0.29) is 18.8 Å². The Labute approximate surface area is 123 Å². The Bertz CT molecular complexity index is 621. The van der Waals surface area contributed by atoms with Crippen LogP contribution >= 0.6 is 0 Å². The minimum atomic E-state index is -0.929. The highest BCUT2D eigenvalue weighted by Gasteiger charge is 2.09. The molecule has 2 N–H and O–H groups in total. The molecule has 0 bridgehead atoms.